The van der Waals surface area contributed by atoms with Gasteiger partial charge < -0.3 is 29.8 Å². The number of aliphatic hydroxyl groups excluding tert-OH is 1. The number of para-hydroxylation sites is 2. The van der Waals surface area contributed by atoms with Crippen LogP contribution < -0.4 is 10.6 Å². The Morgan fingerprint density at radius 3 is 2.44 bits per heavy atom. The lowest BCUT2D eigenvalue weighted by molar-refractivity contribution is -0.252. The third kappa shape index (κ3) is 6.62. The lowest BCUT2D eigenvalue weighted by Gasteiger charge is -2.36. The average molecular weight is 577 g/mol. The van der Waals surface area contributed by atoms with Gasteiger partial charge in [-0.05, 0) is 46.9 Å². The van der Waals surface area contributed by atoms with E-state index in [0.29, 0.717) is 26.1 Å². The van der Waals surface area contributed by atoms with Gasteiger partial charge >= 0.3 is 6.03 Å². The number of benzene rings is 4. The molecule has 1 aliphatic heterocycles. The van der Waals surface area contributed by atoms with Gasteiger partial charge in [0.1, 0.15) is 0 Å². The van der Waals surface area contributed by atoms with E-state index in [-0.39, 0.29) is 24.8 Å². The molecule has 1 fully saturated rings. The Morgan fingerprint density at radius 1 is 0.907 bits per heavy atom. The SMILES string of the molecule is CCNC(=O)NCc1ccccc1-c1ccc(C2OC(Cn3cnc4ccccc43)CC(c3ccc(CO)cc3)O2)cc1. The van der Waals surface area contributed by atoms with Crippen molar-refractivity contribution < 1.29 is 19.4 Å². The smallest absolute Gasteiger partial charge is 0.315 e. The van der Waals surface area contributed by atoms with Gasteiger partial charge in [-0.3, -0.25) is 0 Å². The van der Waals surface area contributed by atoms with Crippen LogP contribution in [0.4, 0.5) is 4.79 Å². The number of imidazole rings is 1. The molecule has 3 N–H and O–H groups in total. The van der Waals surface area contributed by atoms with E-state index < -0.39 is 6.29 Å². The standard InChI is InChI=1S/C35H36N4O4/c1-2-36-35(41)37-20-28-7-3-4-8-30(28)25-15-17-27(18-16-25)34-42-29(21-39-23-38-31-9-5-6-10-32(31)39)19-33(43-34)26-13-11-24(22-40)12-14-26/h3-18,23,29,33-34,40H,2,19-22H2,1H3,(H2,36,37,41). The van der Waals surface area contributed by atoms with Gasteiger partial charge in [-0.25, -0.2) is 9.78 Å². The number of carbonyl (C=O) groups excluding carboxylic acids is 1. The molecule has 0 aliphatic carbocycles. The van der Waals surface area contributed by atoms with Crippen LogP contribution >= 0.6 is 0 Å². The minimum Gasteiger partial charge on any atom is -0.392 e. The minimum atomic E-state index is -0.556. The summed E-state index contributed by atoms with van der Waals surface area (Å²) < 4.78 is 15.3. The molecule has 1 aliphatic rings. The molecule has 2 heterocycles. The zero-order valence-electron chi connectivity index (χ0n) is 24.1. The number of carbonyl (C=O) groups is 1. The number of urea groups is 1. The Kier molecular flexibility index (Phi) is 8.79. The summed E-state index contributed by atoms with van der Waals surface area (Å²) in [7, 11) is 0. The predicted molar refractivity (Wildman–Crippen MR) is 166 cm³/mol. The van der Waals surface area contributed by atoms with Gasteiger partial charge in [0.05, 0.1) is 42.7 Å². The maximum absolute atomic E-state index is 12.0. The number of hydrogen-bond acceptors (Lipinski definition) is 5. The van der Waals surface area contributed by atoms with Crippen molar-refractivity contribution in [3.05, 3.63) is 126 Å². The first-order valence-electron chi connectivity index (χ1n) is 14.7. The number of aromatic nitrogens is 2. The Bertz CT molecular complexity index is 1670. The summed E-state index contributed by atoms with van der Waals surface area (Å²) in [6.45, 7) is 3.56. The molecule has 0 spiro atoms. The Morgan fingerprint density at radius 2 is 1.65 bits per heavy atom. The first-order valence-corrected chi connectivity index (χ1v) is 14.7. The van der Waals surface area contributed by atoms with Crippen LogP contribution in [0.2, 0.25) is 0 Å². The number of rotatable bonds is 9. The third-order valence-corrected chi connectivity index (χ3v) is 7.83. The van der Waals surface area contributed by atoms with Crippen molar-refractivity contribution >= 4 is 17.1 Å². The molecule has 43 heavy (non-hydrogen) atoms. The van der Waals surface area contributed by atoms with Gasteiger partial charge in [0.15, 0.2) is 6.29 Å². The molecule has 220 valence electrons. The second-order valence-electron chi connectivity index (χ2n) is 10.7. The fraction of sp³-hybridized carbons (Fsp3) is 0.257. The summed E-state index contributed by atoms with van der Waals surface area (Å²) in [5.41, 5.74) is 8.02. The Balaban J connectivity index is 1.24. The molecule has 4 aromatic carbocycles. The summed E-state index contributed by atoms with van der Waals surface area (Å²) in [6, 6.07) is 32.2. The van der Waals surface area contributed by atoms with Crippen LogP contribution in [0.15, 0.2) is 103 Å². The van der Waals surface area contributed by atoms with E-state index in [9.17, 15) is 9.90 Å². The largest absolute Gasteiger partial charge is 0.392 e. The minimum absolute atomic E-state index is 0.00530. The molecule has 2 amide bonds. The number of fused-ring (bicyclic) bond motifs is 1. The summed E-state index contributed by atoms with van der Waals surface area (Å²) in [5, 5.41) is 15.2. The normalized spacial score (nSPS) is 18.4. The molecule has 1 saturated heterocycles. The molecule has 8 nitrogen and oxygen atoms in total. The Hall–Kier alpha value is -4.50. The highest BCUT2D eigenvalue weighted by Gasteiger charge is 2.32. The number of nitrogens with one attached hydrogen (secondary N) is 2. The summed E-state index contributed by atoms with van der Waals surface area (Å²) in [5.74, 6) is 0. The number of ether oxygens (including phenoxy) is 2. The number of hydrogen-bond donors (Lipinski definition) is 3. The van der Waals surface area contributed by atoms with Gasteiger partial charge in [-0.1, -0.05) is 84.9 Å². The van der Waals surface area contributed by atoms with Crippen molar-refractivity contribution in [3.63, 3.8) is 0 Å². The van der Waals surface area contributed by atoms with E-state index in [4.69, 9.17) is 9.47 Å². The fourth-order valence-electron chi connectivity index (χ4n) is 5.58. The topological polar surface area (TPSA) is 97.6 Å². The summed E-state index contributed by atoms with van der Waals surface area (Å²) in [6.07, 6.45) is 1.72. The maximum atomic E-state index is 12.0. The molecular formula is C35H36N4O4. The number of nitrogens with zero attached hydrogens (tertiary/aromatic N) is 2. The van der Waals surface area contributed by atoms with Gasteiger partial charge in [0.2, 0.25) is 0 Å². The van der Waals surface area contributed by atoms with Gasteiger partial charge in [0.25, 0.3) is 0 Å². The van der Waals surface area contributed by atoms with Crippen LogP contribution in [-0.4, -0.2) is 33.3 Å². The molecule has 5 aromatic rings. The molecule has 0 radical (unpaired) electrons. The predicted octanol–water partition coefficient (Wildman–Crippen LogP) is 6.26. The van der Waals surface area contributed by atoms with Gasteiger partial charge in [0, 0.05) is 25.1 Å². The molecule has 1 aromatic heterocycles. The van der Waals surface area contributed by atoms with Gasteiger partial charge in [-0.2, -0.15) is 0 Å². The molecule has 3 unspecified atom stereocenters. The molecule has 6 rings (SSSR count). The van der Waals surface area contributed by atoms with E-state index in [2.05, 4.69) is 56.6 Å². The highest BCUT2D eigenvalue weighted by molar-refractivity contribution is 5.75. The van der Waals surface area contributed by atoms with Crippen molar-refractivity contribution in [2.75, 3.05) is 6.54 Å². The van der Waals surface area contributed by atoms with E-state index in [1.54, 1.807) is 0 Å². The van der Waals surface area contributed by atoms with E-state index in [1.165, 1.54) is 0 Å². The van der Waals surface area contributed by atoms with E-state index in [0.717, 1.165) is 44.4 Å². The molecule has 0 bridgehead atoms. The van der Waals surface area contributed by atoms with E-state index >= 15 is 0 Å². The van der Waals surface area contributed by atoms with Crippen LogP contribution in [0.3, 0.4) is 0 Å². The van der Waals surface area contributed by atoms with Gasteiger partial charge in [-0.15, -0.1) is 0 Å². The van der Waals surface area contributed by atoms with Crippen LogP contribution in [-0.2, 0) is 29.2 Å². The lowest BCUT2D eigenvalue weighted by atomic mass is 9.97. The third-order valence-electron chi connectivity index (χ3n) is 7.83. The van der Waals surface area contributed by atoms with E-state index in [1.807, 2.05) is 73.9 Å². The fourth-order valence-corrected chi connectivity index (χ4v) is 5.58. The van der Waals surface area contributed by atoms with Crippen LogP contribution in [0.1, 0.15) is 48.0 Å². The second kappa shape index (κ2) is 13.2. The lowest BCUT2D eigenvalue weighted by Crippen LogP contribution is -2.34. The maximum Gasteiger partial charge on any atom is 0.315 e. The molecule has 3 atom stereocenters. The zero-order valence-corrected chi connectivity index (χ0v) is 24.1. The first kappa shape index (κ1) is 28.6. The number of aliphatic hydroxyl groups is 1. The van der Waals surface area contributed by atoms with Crippen LogP contribution in [0.25, 0.3) is 22.2 Å². The highest BCUT2D eigenvalue weighted by Crippen LogP contribution is 2.39. The van der Waals surface area contributed by atoms with Crippen LogP contribution in [0.5, 0.6) is 0 Å². The second-order valence-corrected chi connectivity index (χ2v) is 10.7. The quantitative estimate of drug-likeness (QED) is 0.192. The highest BCUT2D eigenvalue weighted by atomic mass is 16.7. The van der Waals surface area contributed by atoms with Crippen LogP contribution in [0, 0.1) is 0 Å². The molecule has 0 saturated carbocycles. The van der Waals surface area contributed by atoms with Crippen molar-refractivity contribution in [2.24, 2.45) is 0 Å². The van der Waals surface area contributed by atoms with Crippen molar-refractivity contribution in [1.82, 2.24) is 20.2 Å². The average Bonchev–Trinajstić information content (AvgIpc) is 3.46. The Labute approximate surface area is 251 Å². The molecular weight excluding hydrogens is 540 g/mol. The van der Waals surface area contributed by atoms with Crippen molar-refractivity contribution in [1.29, 1.82) is 0 Å². The first-order chi connectivity index (χ1) is 21.1. The number of amides is 2. The molecule has 8 heteroatoms. The van der Waals surface area contributed by atoms with Crippen molar-refractivity contribution in [2.45, 2.75) is 51.5 Å². The summed E-state index contributed by atoms with van der Waals surface area (Å²) in [4.78, 5) is 16.5. The van der Waals surface area contributed by atoms with Crippen molar-refractivity contribution in [3.8, 4) is 11.1 Å². The summed E-state index contributed by atoms with van der Waals surface area (Å²) >= 11 is 0. The zero-order chi connectivity index (χ0) is 29.6. The monoisotopic (exact) mass is 576 g/mol.